The Hall–Kier alpha value is -3.73. The van der Waals surface area contributed by atoms with Crippen molar-refractivity contribution in [1.82, 2.24) is 4.68 Å². The normalized spacial score (nSPS) is 10.9. The van der Waals surface area contributed by atoms with E-state index in [-0.39, 0.29) is 0 Å². The quantitative estimate of drug-likeness (QED) is 0.303. The predicted octanol–water partition coefficient (Wildman–Crippen LogP) is 5.45. The molecule has 5 heteroatoms. The Morgan fingerprint density at radius 2 is 1.31 bits per heavy atom. The minimum Gasteiger partial charge on any atom is -0.595 e. The summed E-state index contributed by atoms with van der Waals surface area (Å²) in [6, 6.07) is 21.7. The maximum Gasteiger partial charge on any atom is 0.252 e. The Morgan fingerprint density at radius 1 is 0.781 bits per heavy atom. The molecule has 0 saturated heterocycles. The number of rotatable bonds is 6. The van der Waals surface area contributed by atoms with Crippen LogP contribution < -0.4 is 14.3 Å². The Kier molecular flexibility index (Phi) is 5.91. The molecule has 0 amide bonds. The smallest absolute Gasteiger partial charge is 0.252 e. The number of aryl methyl sites for hydroxylation is 3. The van der Waals surface area contributed by atoms with E-state index in [1.54, 1.807) is 18.9 Å². The van der Waals surface area contributed by atoms with E-state index in [1.165, 1.54) is 5.56 Å². The van der Waals surface area contributed by atoms with Crippen LogP contribution in [0, 0.1) is 26.0 Å². The Labute approximate surface area is 189 Å². The fourth-order valence-corrected chi connectivity index (χ4v) is 4.28. The zero-order valence-corrected chi connectivity index (χ0v) is 19.2. The second-order valence-corrected chi connectivity index (χ2v) is 8.10. The predicted molar refractivity (Wildman–Crippen MR) is 127 cm³/mol. The standard InChI is InChI=1S/C27H28N2O3/c1-18-14-19(2)27(20(3)15-18)26-16-25(22-8-12-24(32-5)13-9-22)29(30)28(26)17-21-6-10-23(31-4)11-7-21/h6-16H,17H2,1-5H3. The first kappa shape index (κ1) is 21.5. The van der Waals surface area contributed by atoms with Gasteiger partial charge in [0.1, 0.15) is 23.7 Å². The van der Waals surface area contributed by atoms with Gasteiger partial charge in [0, 0.05) is 11.6 Å². The second kappa shape index (κ2) is 8.79. The molecule has 0 radical (unpaired) electrons. The van der Waals surface area contributed by atoms with Gasteiger partial charge in [-0.05, 0) is 73.9 Å². The first-order valence-corrected chi connectivity index (χ1v) is 10.6. The molecule has 0 aliphatic heterocycles. The third-order valence-corrected chi connectivity index (χ3v) is 5.79. The number of nitrogens with zero attached hydrogens (tertiary/aromatic N) is 2. The lowest BCUT2D eigenvalue weighted by atomic mass is 9.96. The fraction of sp³-hybridized carbons (Fsp3) is 0.222. The largest absolute Gasteiger partial charge is 0.595 e. The van der Waals surface area contributed by atoms with Crippen LogP contribution in [0.3, 0.4) is 0 Å². The van der Waals surface area contributed by atoms with Crippen LogP contribution in [0.25, 0.3) is 22.5 Å². The van der Waals surface area contributed by atoms with Crippen molar-refractivity contribution in [3.8, 4) is 34.0 Å². The number of benzene rings is 3. The molecule has 1 heterocycles. The van der Waals surface area contributed by atoms with Crippen LogP contribution in [0.2, 0.25) is 0 Å². The van der Waals surface area contributed by atoms with Gasteiger partial charge in [-0.25, -0.2) is 0 Å². The molecule has 0 atom stereocenters. The summed E-state index contributed by atoms with van der Waals surface area (Å²) in [4.78, 5) is 1.00. The summed E-state index contributed by atoms with van der Waals surface area (Å²) in [5.74, 6) is 1.55. The molecular formula is C27H28N2O3. The first-order valence-electron chi connectivity index (χ1n) is 10.6. The fourth-order valence-electron chi connectivity index (χ4n) is 4.28. The van der Waals surface area contributed by atoms with Crippen molar-refractivity contribution < 1.29 is 14.3 Å². The molecule has 1 aromatic heterocycles. The number of ether oxygens (including phenoxy) is 2. The van der Waals surface area contributed by atoms with Gasteiger partial charge in [0.15, 0.2) is 0 Å². The van der Waals surface area contributed by atoms with Gasteiger partial charge in [-0.3, -0.25) is 0 Å². The van der Waals surface area contributed by atoms with E-state index >= 15 is 0 Å². The average Bonchev–Trinajstić information content (AvgIpc) is 3.09. The number of hydrogen-bond acceptors (Lipinski definition) is 3. The summed E-state index contributed by atoms with van der Waals surface area (Å²) in [5.41, 5.74) is 7.98. The van der Waals surface area contributed by atoms with Crippen LogP contribution in [0.15, 0.2) is 66.7 Å². The molecule has 32 heavy (non-hydrogen) atoms. The van der Waals surface area contributed by atoms with E-state index in [4.69, 9.17) is 9.47 Å². The molecular weight excluding hydrogens is 400 g/mol. The van der Waals surface area contributed by atoms with Crippen molar-refractivity contribution in [2.24, 2.45) is 0 Å². The first-order chi connectivity index (χ1) is 15.4. The van der Waals surface area contributed by atoms with Gasteiger partial charge in [-0.2, -0.15) is 0 Å². The lowest BCUT2D eigenvalue weighted by Gasteiger charge is -2.13. The van der Waals surface area contributed by atoms with E-state index in [9.17, 15) is 5.21 Å². The van der Waals surface area contributed by atoms with E-state index in [0.717, 1.165) is 49.9 Å². The lowest BCUT2D eigenvalue weighted by Crippen LogP contribution is -2.39. The highest BCUT2D eigenvalue weighted by Crippen LogP contribution is 2.32. The van der Waals surface area contributed by atoms with Crippen molar-refractivity contribution in [3.63, 3.8) is 0 Å². The Bertz CT molecular complexity index is 1220. The second-order valence-electron chi connectivity index (χ2n) is 8.10. The molecule has 3 aromatic carbocycles. The average molecular weight is 429 g/mol. The summed E-state index contributed by atoms with van der Waals surface area (Å²) in [6.07, 6.45) is 0. The Balaban J connectivity index is 1.88. The van der Waals surface area contributed by atoms with Crippen molar-refractivity contribution in [2.75, 3.05) is 14.2 Å². The number of hydrogen-bond donors (Lipinski definition) is 0. The van der Waals surface area contributed by atoms with Crippen LogP contribution in [0.5, 0.6) is 11.5 Å². The van der Waals surface area contributed by atoms with E-state index in [2.05, 4.69) is 32.9 Å². The molecule has 0 saturated carbocycles. The molecule has 0 spiro atoms. The maximum absolute atomic E-state index is 13.6. The minimum absolute atomic E-state index is 0.450. The topological polar surface area (TPSA) is 50.3 Å². The molecule has 0 aliphatic rings. The molecule has 0 fully saturated rings. The van der Waals surface area contributed by atoms with Crippen molar-refractivity contribution >= 4 is 0 Å². The molecule has 0 bridgehead atoms. The highest BCUT2D eigenvalue weighted by atomic mass is 16.5. The molecule has 4 rings (SSSR count). The Morgan fingerprint density at radius 3 is 1.84 bits per heavy atom. The van der Waals surface area contributed by atoms with Crippen molar-refractivity contribution in [2.45, 2.75) is 27.3 Å². The third-order valence-electron chi connectivity index (χ3n) is 5.79. The summed E-state index contributed by atoms with van der Waals surface area (Å²) >= 11 is 0. The minimum atomic E-state index is 0.450. The molecule has 0 unspecified atom stereocenters. The van der Waals surface area contributed by atoms with E-state index in [0.29, 0.717) is 12.2 Å². The molecule has 164 valence electrons. The molecule has 0 aliphatic carbocycles. The van der Waals surface area contributed by atoms with E-state index in [1.807, 2.05) is 54.6 Å². The lowest BCUT2D eigenvalue weighted by molar-refractivity contribution is -0.682. The van der Waals surface area contributed by atoms with Crippen molar-refractivity contribution in [1.29, 1.82) is 0 Å². The van der Waals surface area contributed by atoms with E-state index < -0.39 is 0 Å². The van der Waals surface area contributed by atoms with Gasteiger partial charge in [-0.15, -0.1) is 4.68 Å². The van der Waals surface area contributed by atoms with Crippen LogP contribution in [0.1, 0.15) is 22.3 Å². The highest BCUT2D eigenvalue weighted by molar-refractivity contribution is 5.72. The molecule has 4 aromatic rings. The number of methoxy groups -OCH3 is 2. The molecule has 0 N–H and O–H groups in total. The van der Waals surface area contributed by atoms with Crippen LogP contribution in [-0.4, -0.2) is 18.9 Å². The van der Waals surface area contributed by atoms with Crippen LogP contribution >= 0.6 is 0 Å². The highest BCUT2D eigenvalue weighted by Gasteiger charge is 2.24. The summed E-state index contributed by atoms with van der Waals surface area (Å²) in [7, 11) is 3.28. The zero-order chi connectivity index (χ0) is 22.8. The van der Waals surface area contributed by atoms with Crippen LogP contribution in [0.4, 0.5) is 0 Å². The van der Waals surface area contributed by atoms with Gasteiger partial charge in [0.25, 0.3) is 5.69 Å². The van der Waals surface area contributed by atoms with Gasteiger partial charge in [0.05, 0.1) is 19.8 Å². The molecule has 5 nitrogen and oxygen atoms in total. The van der Waals surface area contributed by atoms with Gasteiger partial charge in [0.2, 0.25) is 0 Å². The summed E-state index contributed by atoms with van der Waals surface area (Å²) in [6.45, 7) is 6.74. The summed E-state index contributed by atoms with van der Waals surface area (Å²) < 4.78 is 12.3. The van der Waals surface area contributed by atoms with Gasteiger partial charge < -0.3 is 14.7 Å². The zero-order valence-electron chi connectivity index (χ0n) is 19.2. The SMILES string of the molecule is COc1ccc(Cn2c(-c3c(C)cc(C)cc3C)cc(-c3ccc(OC)cc3)[n+]2[O-])cc1. The van der Waals surface area contributed by atoms with Gasteiger partial charge in [-0.1, -0.05) is 34.7 Å². The maximum atomic E-state index is 13.6. The summed E-state index contributed by atoms with van der Waals surface area (Å²) in [5, 5.41) is 13.6. The monoisotopic (exact) mass is 428 g/mol. The van der Waals surface area contributed by atoms with Gasteiger partial charge >= 0.3 is 0 Å². The van der Waals surface area contributed by atoms with Crippen LogP contribution in [-0.2, 0) is 6.54 Å². The third kappa shape index (κ3) is 4.06. The van der Waals surface area contributed by atoms with Crippen molar-refractivity contribution in [3.05, 3.63) is 94.2 Å². The number of aromatic nitrogens is 2.